The molecule has 1 N–H and O–H groups in total. The number of nitrogens with zero attached hydrogens (tertiary/aromatic N) is 2. The van der Waals surface area contributed by atoms with Crippen LogP contribution in [0.1, 0.15) is 22.1 Å². The first-order valence-electron chi connectivity index (χ1n) is 5.41. The second kappa shape index (κ2) is 5.31. The molecule has 18 heavy (non-hydrogen) atoms. The maximum Gasteiger partial charge on any atom is 0.339 e. The highest BCUT2D eigenvalue weighted by Crippen LogP contribution is 2.16. The van der Waals surface area contributed by atoms with Gasteiger partial charge in [-0.1, -0.05) is 17.3 Å². The number of carbonyl (C=O) groups excluding carboxylic acids is 1. The summed E-state index contributed by atoms with van der Waals surface area (Å²) in [5.41, 5.74) is 1.14. The number of rotatable bonds is 4. The monoisotopic (exact) mass is 247 g/mol. The van der Waals surface area contributed by atoms with E-state index in [0.29, 0.717) is 29.5 Å². The van der Waals surface area contributed by atoms with Crippen LogP contribution in [-0.2, 0) is 11.3 Å². The fraction of sp³-hybridized carbons (Fsp3) is 0.250. The molecule has 94 valence electrons. The fourth-order valence-corrected chi connectivity index (χ4v) is 1.51. The minimum absolute atomic E-state index is 0.356. The van der Waals surface area contributed by atoms with Crippen molar-refractivity contribution in [3.8, 4) is 0 Å². The predicted octanol–water partition coefficient (Wildman–Crippen LogP) is 1.78. The summed E-state index contributed by atoms with van der Waals surface area (Å²) < 4.78 is 9.68. The van der Waals surface area contributed by atoms with Crippen molar-refractivity contribution in [2.75, 3.05) is 12.4 Å². The Kier molecular flexibility index (Phi) is 3.57. The van der Waals surface area contributed by atoms with Crippen molar-refractivity contribution in [1.82, 2.24) is 10.1 Å². The van der Waals surface area contributed by atoms with E-state index in [2.05, 4.69) is 15.5 Å². The third-order valence-electron chi connectivity index (χ3n) is 2.33. The zero-order valence-electron chi connectivity index (χ0n) is 10.1. The molecule has 0 spiro atoms. The van der Waals surface area contributed by atoms with Gasteiger partial charge in [-0.15, -0.1) is 0 Å². The van der Waals surface area contributed by atoms with E-state index in [1.54, 1.807) is 25.1 Å². The number of nitrogens with one attached hydrogen (secondary N) is 1. The number of benzene rings is 1. The Morgan fingerprint density at radius 1 is 1.44 bits per heavy atom. The van der Waals surface area contributed by atoms with Crippen molar-refractivity contribution in [3.63, 3.8) is 0 Å². The number of aromatic nitrogens is 2. The van der Waals surface area contributed by atoms with Crippen molar-refractivity contribution >= 4 is 11.7 Å². The molecule has 0 unspecified atom stereocenters. The SMILES string of the molecule is COC(=O)c1ccccc1NCc1nc(C)no1. The number of aryl methyl sites for hydroxylation is 1. The Bertz CT molecular complexity index is 551. The van der Waals surface area contributed by atoms with Gasteiger partial charge in [-0.25, -0.2) is 4.79 Å². The van der Waals surface area contributed by atoms with Crippen molar-refractivity contribution < 1.29 is 14.1 Å². The van der Waals surface area contributed by atoms with Crippen LogP contribution in [0.25, 0.3) is 0 Å². The molecule has 0 aliphatic carbocycles. The Morgan fingerprint density at radius 3 is 2.89 bits per heavy atom. The lowest BCUT2D eigenvalue weighted by molar-refractivity contribution is 0.0602. The zero-order valence-corrected chi connectivity index (χ0v) is 10.1. The molecular formula is C12H13N3O3. The maximum atomic E-state index is 11.5. The van der Waals surface area contributed by atoms with E-state index in [0.717, 1.165) is 0 Å². The quantitative estimate of drug-likeness (QED) is 0.830. The third kappa shape index (κ3) is 2.65. The molecule has 0 saturated carbocycles. The molecule has 0 radical (unpaired) electrons. The zero-order chi connectivity index (χ0) is 13.0. The molecule has 6 nitrogen and oxygen atoms in total. The van der Waals surface area contributed by atoms with Crippen molar-refractivity contribution in [2.24, 2.45) is 0 Å². The lowest BCUT2D eigenvalue weighted by Gasteiger charge is -2.08. The second-order valence-electron chi connectivity index (χ2n) is 3.63. The average molecular weight is 247 g/mol. The van der Waals surface area contributed by atoms with Crippen LogP contribution in [0.4, 0.5) is 5.69 Å². The normalized spacial score (nSPS) is 10.1. The van der Waals surface area contributed by atoms with Crippen LogP contribution < -0.4 is 5.32 Å². The van der Waals surface area contributed by atoms with Gasteiger partial charge in [-0.3, -0.25) is 0 Å². The first kappa shape index (κ1) is 12.1. The van der Waals surface area contributed by atoms with E-state index < -0.39 is 0 Å². The number of hydrogen-bond acceptors (Lipinski definition) is 6. The van der Waals surface area contributed by atoms with Crippen LogP contribution in [0.15, 0.2) is 28.8 Å². The van der Waals surface area contributed by atoms with E-state index in [1.165, 1.54) is 7.11 Å². The molecule has 2 aromatic rings. The number of hydrogen-bond donors (Lipinski definition) is 1. The van der Waals surface area contributed by atoms with E-state index in [-0.39, 0.29) is 5.97 Å². The van der Waals surface area contributed by atoms with Crippen molar-refractivity contribution in [3.05, 3.63) is 41.5 Å². The van der Waals surface area contributed by atoms with Gasteiger partial charge in [0.25, 0.3) is 0 Å². The first-order chi connectivity index (χ1) is 8.70. The molecule has 1 heterocycles. The van der Waals surface area contributed by atoms with Gasteiger partial charge in [0, 0.05) is 5.69 Å². The minimum atomic E-state index is -0.389. The largest absolute Gasteiger partial charge is 0.465 e. The molecule has 0 aliphatic heterocycles. The standard InChI is InChI=1S/C12H13N3O3/c1-8-14-11(18-15-8)7-13-10-6-4-3-5-9(10)12(16)17-2/h3-6,13H,7H2,1-2H3. The highest BCUT2D eigenvalue weighted by molar-refractivity contribution is 5.95. The summed E-state index contributed by atoms with van der Waals surface area (Å²) in [5.74, 6) is 0.653. The third-order valence-corrected chi connectivity index (χ3v) is 2.33. The molecule has 1 aromatic heterocycles. The Labute approximate surface area is 104 Å². The highest BCUT2D eigenvalue weighted by Gasteiger charge is 2.11. The summed E-state index contributed by atoms with van der Waals surface area (Å²) in [7, 11) is 1.35. The molecule has 0 bridgehead atoms. The summed E-state index contributed by atoms with van der Waals surface area (Å²) in [5, 5.41) is 6.75. The summed E-state index contributed by atoms with van der Waals surface area (Å²) >= 11 is 0. The number of ether oxygens (including phenoxy) is 1. The Morgan fingerprint density at radius 2 is 2.22 bits per heavy atom. The molecule has 0 saturated heterocycles. The Hall–Kier alpha value is -2.37. The van der Waals surface area contributed by atoms with Crippen LogP contribution in [0.2, 0.25) is 0 Å². The smallest absolute Gasteiger partial charge is 0.339 e. The summed E-state index contributed by atoms with van der Waals surface area (Å²) in [6, 6.07) is 7.07. The lowest BCUT2D eigenvalue weighted by Crippen LogP contribution is -2.08. The predicted molar refractivity (Wildman–Crippen MR) is 64.1 cm³/mol. The van der Waals surface area contributed by atoms with Crippen LogP contribution in [0.3, 0.4) is 0 Å². The first-order valence-corrected chi connectivity index (χ1v) is 5.41. The number of para-hydroxylation sites is 1. The molecular weight excluding hydrogens is 234 g/mol. The molecule has 0 aliphatic rings. The molecule has 0 fully saturated rings. The lowest BCUT2D eigenvalue weighted by atomic mass is 10.2. The number of anilines is 1. The average Bonchev–Trinajstić information content (AvgIpc) is 2.81. The van der Waals surface area contributed by atoms with Crippen molar-refractivity contribution in [1.29, 1.82) is 0 Å². The van der Waals surface area contributed by atoms with Crippen LogP contribution >= 0.6 is 0 Å². The number of esters is 1. The van der Waals surface area contributed by atoms with Gasteiger partial charge >= 0.3 is 5.97 Å². The van der Waals surface area contributed by atoms with Gasteiger partial charge in [0.2, 0.25) is 5.89 Å². The van der Waals surface area contributed by atoms with Crippen LogP contribution in [0.5, 0.6) is 0 Å². The molecule has 6 heteroatoms. The maximum absolute atomic E-state index is 11.5. The van der Waals surface area contributed by atoms with E-state index in [4.69, 9.17) is 9.26 Å². The topological polar surface area (TPSA) is 77.2 Å². The second-order valence-corrected chi connectivity index (χ2v) is 3.63. The van der Waals surface area contributed by atoms with Gasteiger partial charge in [-0.2, -0.15) is 4.98 Å². The van der Waals surface area contributed by atoms with Gasteiger partial charge < -0.3 is 14.6 Å². The molecule has 0 amide bonds. The molecule has 1 aromatic carbocycles. The van der Waals surface area contributed by atoms with E-state index in [9.17, 15) is 4.79 Å². The van der Waals surface area contributed by atoms with Crippen molar-refractivity contribution in [2.45, 2.75) is 13.5 Å². The molecule has 0 atom stereocenters. The van der Waals surface area contributed by atoms with Gasteiger partial charge in [0.1, 0.15) is 0 Å². The Balaban J connectivity index is 2.11. The molecule has 2 rings (SSSR count). The number of carbonyl (C=O) groups is 1. The van der Waals surface area contributed by atoms with E-state index >= 15 is 0 Å². The van der Waals surface area contributed by atoms with Crippen LogP contribution in [0, 0.1) is 6.92 Å². The summed E-state index contributed by atoms with van der Waals surface area (Å²) in [4.78, 5) is 15.6. The minimum Gasteiger partial charge on any atom is -0.465 e. The number of methoxy groups -OCH3 is 1. The van der Waals surface area contributed by atoms with Gasteiger partial charge in [0.05, 0.1) is 19.2 Å². The van der Waals surface area contributed by atoms with Gasteiger partial charge in [0.15, 0.2) is 5.82 Å². The highest BCUT2D eigenvalue weighted by atomic mass is 16.5. The van der Waals surface area contributed by atoms with E-state index in [1.807, 2.05) is 6.07 Å². The summed E-state index contributed by atoms with van der Waals surface area (Å²) in [6.45, 7) is 2.10. The van der Waals surface area contributed by atoms with Crippen LogP contribution in [-0.4, -0.2) is 23.2 Å². The van der Waals surface area contributed by atoms with Gasteiger partial charge in [-0.05, 0) is 19.1 Å². The fourth-order valence-electron chi connectivity index (χ4n) is 1.51. The summed E-state index contributed by atoms with van der Waals surface area (Å²) in [6.07, 6.45) is 0.